The average molecular weight is 351 g/mol. The van der Waals surface area contributed by atoms with E-state index < -0.39 is 5.97 Å². The van der Waals surface area contributed by atoms with Crippen LogP contribution in [0.25, 0.3) is 0 Å². The van der Waals surface area contributed by atoms with E-state index in [9.17, 15) is 19.1 Å². The van der Waals surface area contributed by atoms with Crippen molar-refractivity contribution < 1.29 is 19.1 Å². The van der Waals surface area contributed by atoms with Crippen LogP contribution in [0, 0.1) is 17.7 Å². The van der Waals surface area contributed by atoms with Crippen molar-refractivity contribution in [1.82, 2.24) is 4.90 Å². The van der Waals surface area contributed by atoms with Crippen LogP contribution < -0.4 is 0 Å². The Balaban J connectivity index is 1.54. The molecule has 1 amide bonds. The van der Waals surface area contributed by atoms with Gasteiger partial charge in [-0.25, -0.2) is 4.39 Å². The van der Waals surface area contributed by atoms with E-state index >= 15 is 0 Å². The molecule has 1 saturated carbocycles. The molecule has 0 radical (unpaired) electrons. The van der Waals surface area contributed by atoms with Gasteiger partial charge in [-0.2, -0.15) is 0 Å². The maximum absolute atomic E-state index is 13.0. The summed E-state index contributed by atoms with van der Waals surface area (Å²) >= 11 is 1.68. The molecule has 130 valence electrons. The molecule has 0 aromatic heterocycles. The first-order valence-corrected chi connectivity index (χ1v) is 9.34. The van der Waals surface area contributed by atoms with Crippen molar-refractivity contribution in [1.29, 1.82) is 0 Å². The van der Waals surface area contributed by atoms with Crippen LogP contribution in [0.5, 0.6) is 0 Å². The lowest BCUT2D eigenvalue weighted by Gasteiger charge is -2.29. The molecular weight excluding hydrogens is 329 g/mol. The summed E-state index contributed by atoms with van der Waals surface area (Å²) in [7, 11) is 0. The third-order valence-electron chi connectivity index (χ3n) is 4.95. The van der Waals surface area contributed by atoms with Crippen LogP contribution in [-0.4, -0.2) is 40.2 Å². The summed E-state index contributed by atoms with van der Waals surface area (Å²) in [6.45, 7) is 1.42. The van der Waals surface area contributed by atoms with Gasteiger partial charge in [-0.3, -0.25) is 9.59 Å². The molecule has 1 aliphatic carbocycles. The molecule has 1 aliphatic heterocycles. The van der Waals surface area contributed by atoms with Crippen molar-refractivity contribution in [3.05, 3.63) is 30.1 Å². The van der Waals surface area contributed by atoms with Gasteiger partial charge in [0.05, 0.1) is 5.92 Å². The van der Waals surface area contributed by atoms with E-state index in [0.717, 1.165) is 30.7 Å². The highest BCUT2D eigenvalue weighted by Gasteiger charge is 2.35. The third kappa shape index (κ3) is 4.09. The maximum Gasteiger partial charge on any atom is 0.306 e. The van der Waals surface area contributed by atoms with Crippen LogP contribution in [0.1, 0.15) is 32.1 Å². The Kier molecular flexibility index (Phi) is 5.43. The van der Waals surface area contributed by atoms with Crippen LogP contribution >= 0.6 is 11.8 Å². The SMILES string of the molecule is O=C(O)C1CCCC(C(=O)N2CCC(Sc3ccc(F)cc3)C2)C1. The normalized spacial score (nSPS) is 27.2. The number of thioether (sulfide) groups is 1. The minimum atomic E-state index is -0.779. The second-order valence-electron chi connectivity index (χ2n) is 6.67. The topological polar surface area (TPSA) is 57.6 Å². The molecule has 6 heteroatoms. The molecule has 3 atom stereocenters. The average Bonchev–Trinajstić information content (AvgIpc) is 3.05. The molecule has 1 aromatic rings. The van der Waals surface area contributed by atoms with Crippen LogP contribution in [0.3, 0.4) is 0 Å². The van der Waals surface area contributed by atoms with Gasteiger partial charge in [0.25, 0.3) is 0 Å². The van der Waals surface area contributed by atoms with Gasteiger partial charge in [-0.15, -0.1) is 11.8 Å². The Bertz CT molecular complexity index is 607. The number of rotatable bonds is 4. The highest BCUT2D eigenvalue weighted by atomic mass is 32.2. The summed E-state index contributed by atoms with van der Waals surface area (Å²) in [5, 5.41) is 9.49. The lowest BCUT2D eigenvalue weighted by molar-refractivity contribution is -0.145. The number of carbonyl (C=O) groups is 2. The number of carbonyl (C=O) groups excluding carboxylic acids is 1. The lowest BCUT2D eigenvalue weighted by atomic mass is 9.81. The number of likely N-dealkylation sites (tertiary alicyclic amines) is 1. The standard InChI is InChI=1S/C18H22FNO3S/c19-14-4-6-15(7-5-14)24-16-8-9-20(11-16)17(21)12-2-1-3-13(10-12)18(22)23/h4-7,12-13,16H,1-3,8-11H2,(H,22,23). The minimum Gasteiger partial charge on any atom is -0.481 e. The fraction of sp³-hybridized carbons (Fsp3) is 0.556. The zero-order valence-electron chi connectivity index (χ0n) is 13.5. The van der Waals surface area contributed by atoms with E-state index in [-0.39, 0.29) is 23.6 Å². The molecule has 1 N–H and O–H groups in total. The number of nitrogens with zero attached hydrogens (tertiary/aromatic N) is 1. The van der Waals surface area contributed by atoms with Crippen LogP contribution in [0.15, 0.2) is 29.2 Å². The van der Waals surface area contributed by atoms with Crippen LogP contribution in [-0.2, 0) is 9.59 Å². The van der Waals surface area contributed by atoms with Gasteiger partial charge in [0.2, 0.25) is 5.91 Å². The zero-order chi connectivity index (χ0) is 17.1. The summed E-state index contributed by atoms with van der Waals surface area (Å²) in [6, 6.07) is 6.44. The molecule has 1 aromatic carbocycles. The van der Waals surface area contributed by atoms with Gasteiger partial charge < -0.3 is 10.0 Å². The van der Waals surface area contributed by atoms with Gasteiger partial charge in [0.1, 0.15) is 5.82 Å². The number of benzene rings is 1. The molecule has 2 aliphatic rings. The molecule has 1 saturated heterocycles. The van der Waals surface area contributed by atoms with Gasteiger partial charge in [-0.05, 0) is 49.9 Å². The Hall–Kier alpha value is -1.56. The highest BCUT2D eigenvalue weighted by Crippen LogP contribution is 2.34. The Labute approximate surface area is 145 Å². The summed E-state index contributed by atoms with van der Waals surface area (Å²) < 4.78 is 13.0. The number of carboxylic acids is 1. The molecule has 2 fully saturated rings. The molecule has 3 unspecified atom stereocenters. The minimum absolute atomic E-state index is 0.114. The van der Waals surface area contributed by atoms with E-state index in [1.165, 1.54) is 12.1 Å². The largest absolute Gasteiger partial charge is 0.481 e. The second kappa shape index (κ2) is 7.55. The molecule has 0 spiro atoms. The van der Waals surface area contributed by atoms with Gasteiger partial charge in [0.15, 0.2) is 0 Å². The number of hydrogen-bond acceptors (Lipinski definition) is 3. The van der Waals surface area contributed by atoms with Crippen molar-refractivity contribution in [3.8, 4) is 0 Å². The van der Waals surface area contributed by atoms with Crippen LogP contribution in [0.4, 0.5) is 4.39 Å². The van der Waals surface area contributed by atoms with E-state index in [1.54, 1.807) is 23.9 Å². The Morgan fingerprint density at radius 1 is 1.12 bits per heavy atom. The molecule has 1 heterocycles. The second-order valence-corrected chi connectivity index (χ2v) is 8.04. The first-order chi connectivity index (χ1) is 11.5. The number of hydrogen-bond donors (Lipinski definition) is 1. The number of aliphatic carboxylic acids is 1. The summed E-state index contributed by atoms with van der Waals surface area (Å²) in [6.07, 6.45) is 3.69. The van der Waals surface area contributed by atoms with Crippen LogP contribution in [0.2, 0.25) is 0 Å². The Morgan fingerprint density at radius 2 is 1.83 bits per heavy atom. The van der Waals surface area contributed by atoms with Crippen molar-refractivity contribution >= 4 is 23.6 Å². The molecule has 24 heavy (non-hydrogen) atoms. The first-order valence-electron chi connectivity index (χ1n) is 8.46. The quantitative estimate of drug-likeness (QED) is 0.903. The van der Waals surface area contributed by atoms with Crippen molar-refractivity contribution in [3.63, 3.8) is 0 Å². The van der Waals surface area contributed by atoms with Gasteiger partial charge >= 0.3 is 5.97 Å². The molecule has 3 rings (SSSR count). The number of halogens is 1. The Morgan fingerprint density at radius 3 is 2.54 bits per heavy atom. The smallest absolute Gasteiger partial charge is 0.306 e. The van der Waals surface area contributed by atoms with E-state index in [0.29, 0.717) is 24.6 Å². The summed E-state index contributed by atoms with van der Waals surface area (Å²) in [5.74, 6) is -1.43. The summed E-state index contributed by atoms with van der Waals surface area (Å²) in [4.78, 5) is 26.8. The fourth-order valence-corrected chi connectivity index (χ4v) is 4.78. The van der Waals surface area contributed by atoms with Crippen molar-refractivity contribution in [2.75, 3.05) is 13.1 Å². The monoisotopic (exact) mass is 351 g/mol. The predicted molar refractivity (Wildman–Crippen MR) is 90.3 cm³/mol. The van der Waals surface area contributed by atoms with Gasteiger partial charge in [-0.1, -0.05) is 6.42 Å². The molecule has 4 nitrogen and oxygen atoms in total. The number of amides is 1. The third-order valence-corrected chi connectivity index (χ3v) is 6.21. The predicted octanol–water partition coefficient (Wildman–Crippen LogP) is 3.41. The van der Waals surface area contributed by atoms with Crippen molar-refractivity contribution in [2.45, 2.75) is 42.2 Å². The molecular formula is C18H22FNO3S. The zero-order valence-corrected chi connectivity index (χ0v) is 14.3. The summed E-state index contributed by atoms with van der Waals surface area (Å²) in [5.41, 5.74) is 0. The first kappa shape index (κ1) is 17.3. The van der Waals surface area contributed by atoms with E-state index in [2.05, 4.69) is 0 Å². The highest BCUT2D eigenvalue weighted by molar-refractivity contribution is 8.00. The fourth-order valence-electron chi connectivity index (χ4n) is 3.63. The maximum atomic E-state index is 13.0. The number of carboxylic acid groups (broad SMARTS) is 1. The lowest BCUT2D eigenvalue weighted by Crippen LogP contribution is -2.38. The molecule has 0 bridgehead atoms. The van der Waals surface area contributed by atoms with E-state index in [1.807, 2.05) is 4.90 Å². The van der Waals surface area contributed by atoms with Gasteiger partial charge in [0, 0.05) is 29.2 Å². The van der Waals surface area contributed by atoms with Crippen molar-refractivity contribution in [2.24, 2.45) is 11.8 Å². The van der Waals surface area contributed by atoms with E-state index in [4.69, 9.17) is 0 Å².